The number of aromatic nitrogens is 2. The number of carbonyl (C=O) groups excluding carboxylic acids is 1. The molecular formula is C20H20N2O5S. The normalized spacial score (nSPS) is 10.8. The Labute approximate surface area is 166 Å². The lowest BCUT2D eigenvalue weighted by molar-refractivity contribution is -0.141. The standard InChI is InChI=1S/C20H20N2O5S/c1-25-11-12-27-18(23)13-28-20-21-17-6-4-3-5-16(17)19(24)22(20)14-7-9-15(26-2)10-8-14/h3-10H,11-13H2,1-2H3. The minimum atomic E-state index is -0.397. The van der Waals surface area contributed by atoms with Gasteiger partial charge in [0.05, 0.1) is 36.1 Å². The maximum absolute atomic E-state index is 13.1. The highest BCUT2D eigenvalue weighted by Gasteiger charge is 2.15. The van der Waals surface area contributed by atoms with Crippen LogP contribution in [0, 0.1) is 0 Å². The summed E-state index contributed by atoms with van der Waals surface area (Å²) in [6.07, 6.45) is 0. The molecule has 1 aromatic heterocycles. The fourth-order valence-electron chi connectivity index (χ4n) is 2.57. The molecule has 0 aliphatic heterocycles. The third kappa shape index (κ3) is 4.52. The summed E-state index contributed by atoms with van der Waals surface area (Å²) in [6, 6.07) is 14.2. The van der Waals surface area contributed by atoms with Crippen molar-refractivity contribution in [2.24, 2.45) is 0 Å². The van der Waals surface area contributed by atoms with Crippen LogP contribution >= 0.6 is 11.8 Å². The molecule has 0 aliphatic rings. The lowest BCUT2D eigenvalue weighted by Gasteiger charge is -2.13. The second kappa shape index (κ2) is 9.38. The number of hydrogen-bond donors (Lipinski definition) is 0. The zero-order valence-corrected chi connectivity index (χ0v) is 16.4. The van der Waals surface area contributed by atoms with E-state index in [1.54, 1.807) is 49.6 Å². The number of fused-ring (bicyclic) bond motifs is 1. The quantitative estimate of drug-likeness (QED) is 0.249. The van der Waals surface area contributed by atoms with Crippen LogP contribution in [-0.2, 0) is 14.3 Å². The van der Waals surface area contributed by atoms with Crippen molar-refractivity contribution in [2.75, 3.05) is 33.2 Å². The Morgan fingerprint density at radius 1 is 1.07 bits per heavy atom. The fraction of sp³-hybridized carbons (Fsp3) is 0.250. The van der Waals surface area contributed by atoms with Gasteiger partial charge in [-0.2, -0.15) is 0 Å². The molecule has 3 rings (SSSR count). The van der Waals surface area contributed by atoms with Gasteiger partial charge in [0.1, 0.15) is 12.4 Å². The number of hydrogen-bond acceptors (Lipinski definition) is 7. The summed E-state index contributed by atoms with van der Waals surface area (Å²) in [5.74, 6) is 0.317. The van der Waals surface area contributed by atoms with Crippen molar-refractivity contribution >= 4 is 28.6 Å². The molecule has 0 saturated heterocycles. The van der Waals surface area contributed by atoms with E-state index in [0.29, 0.717) is 34.1 Å². The highest BCUT2D eigenvalue weighted by atomic mass is 32.2. The maximum atomic E-state index is 13.1. The predicted octanol–water partition coefficient (Wildman–Crippen LogP) is 2.68. The van der Waals surface area contributed by atoms with Crippen LogP contribution in [-0.4, -0.2) is 48.7 Å². The van der Waals surface area contributed by atoms with Crippen LogP contribution in [0.3, 0.4) is 0 Å². The van der Waals surface area contributed by atoms with Crippen molar-refractivity contribution in [3.05, 3.63) is 58.9 Å². The first-order valence-corrected chi connectivity index (χ1v) is 9.56. The zero-order valence-electron chi connectivity index (χ0n) is 15.6. The first kappa shape index (κ1) is 19.9. The Hall–Kier alpha value is -2.84. The topological polar surface area (TPSA) is 79.7 Å². The lowest BCUT2D eigenvalue weighted by atomic mass is 10.2. The van der Waals surface area contributed by atoms with E-state index in [0.717, 1.165) is 11.8 Å². The Balaban J connectivity index is 1.97. The zero-order chi connectivity index (χ0) is 19.9. The summed E-state index contributed by atoms with van der Waals surface area (Å²) in [5.41, 5.74) is 1.01. The third-order valence-corrected chi connectivity index (χ3v) is 4.86. The van der Waals surface area contributed by atoms with Crippen LogP contribution in [0.25, 0.3) is 16.6 Å². The van der Waals surface area contributed by atoms with Gasteiger partial charge in [-0.25, -0.2) is 4.98 Å². The number of benzene rings is 2. The van der Waals surface area contributed by atoms with Crippen LogP contribution in [0.15, 0.2) is 58.5 Å². The van der Waals surface area contributed by atoms with E-state index in [2.05, 4.69) is 4.98 Å². The van der Waals surface area contributed by atoms with Gasteiger partial charge in [-0.3, -0.25) is 14.2 Å². The van der Waals surface area contributed by atoms with Gasteiger partial charge in [0.25, 0.3) is 5.56 Å². The summed E-state index contributed by atoms with van der Waals surface area (Å²) in [6.45, 7) is 0.521. The summed E-state index contributed by atoms with van der Waals surface area (Å²) < 4.78 is 16.6. The number of rotatable bonds is 8. The molecule has 7 nitrogen and oxygen atoms in total. The van der Waals surface area contributed by atoms with Gasteiger partial charge in [0.15, 0.2) is 5.16 Å². The average Bonchev–Trinajstić information content (AvgIpc) is 2.73. The molecule has 0 fully saturated rings. The molecule has 0 N–H and O–H groups in total. The van der Waals surface area contributed by atoms with E-state index in [1.165, 1.54) is 11.7 Å². The van der Waals surface area contributed by atoms with Crippen molar-refractivity contribution in [3.8, 4) is 11.4 Å². The Bertz CT molecular complexity index is 1020. The van der Waals surface area contributed by atoms with Gasteiger partial charge in [0.2, 0.25) is 0 Å². The molecular weight excluding hydrogens is 380 g/mol. The summed E-state index contributed by atoms with van der Waals surface area (Å²) in [5, 5.41) is 0.919. The Morgan fingerprint density at radius 3 is 2.54 bits per heavy atom. The van der Waals surface area contributed by atoms with Crippen molar-refractivity contribution in [2.45, 2.75) is 5.16 Å². The van der Waals surface area contributed by atoms with Crippen LogP contribution in [0.2, 0.25) is 0 Å². The van der Waals surface area contributed by atoms with Crippen molar-refractivity contribution < 1.29 is 19.0 Å². The maximum Gasteiger partial charge on any atom is 0.316 e. The summed E-state index contributed by atoms with van der Waals surface area (Å²) in [7, 11) is 3.12. The van der Waals surface area contributed by atoms with Crippen LogP contribution in [0.1, 0.15) is 0 Å². The first-order valence-electron chi connectivity index (χ1n) is 8.57. The van der Waals surface area contributed by atoms with Crippen LogP contribution in [0.5, 0.6) is 5.75 Å². The molecule has 3 aromatic rings. The molecule has 0 amide bonds. The molecule has 0 atom stereocenters. The second-order valence-corrected chi connectivity index (χ2v) is 6.69. The van der Waals surface area contributed by atoms with E-state index < -0.39 is 5.97 Å². The Morgan fingerprint density at radius 2 is 1.82 bits per heavy atom. The number of para-hydroxylation sites is 1. The molecule has 28 heavy (non-hydrogen) atoms. The molecule has 146 valence electrons. The number of thioether (sulfide) groups is 1. The SMILES string of the molecule is COCCOC(=O)CSc1nc2ccccc2c(=O)n1-c1ccc(OC)cc1. The molecule has 8 heteroatoms. The predicted molar refractivity (Wildman–Crippen MR) is 107 cm³/mol. The molecule has 1 heterocycles. The highest BCUT2D eigenvalue weighted by molar-refractivity contribution is 7.99. The second-order valence-electron chi connectivity index (χ2n) is 5.75. The lowest BCUT2D eigenvalue weighted by Crippen LogP contribution is -2.22. The van der Waals surface area contributed by atoms with Crippen molar-refractivity contribution in [3.63, 3.8) is 0 Å². The van der Waals surface area contributed by atoms with E-state index in [9.17, 15) is 9.59 Å². The minimum Gasteiger partial charge on any atom is -0.497 e. The average molecular weight is 400 g/mol. The van der Waals surface area contributed by atoms with Crippen molar-refractivity contribution in [1.82, 2.24) is 9.55 Å². The molecule has 0 radical (unpaired) electrons. The van der Waals surface area contributed by atoms with Gasteiger partial charge >= 0.3 is 5.97 Å². The number of esters is 1. The molecule has 2 aromatic carbocycles. The number of carbonyl (C=O) groups is 1. The van der Waals surface area contributed by atoms with Crippen molar-refractivity contribution in [1.29, 1.82) is 0 Å². The van der Waals surface area contributed by atoms with Gasteiger partial charge in [-0.1, -0.05) is 23.9 Å². The highest BCUT2D eigenvalue weighted by Crippen LogP contribution is 2.22. The number of methoxy groups -OCH3 is 2. The molecule has 0 unspecified atom stereocenters. The third-order valence-electron chi connectivity index (χ3n) is 3.95. The molecule has 0 bridgehead atoms. The first-order chi connectivity index (χ1) is 13.6. The summed E-state index contributed by atoms with van der Waals surface area (Å²) in [4.78, 5) is 29.6. The van der Waals surface area contributed by atoms with Gasteiger partial charge in [-0.05, 0) is 36.4 Å². The van der Waals surface area contributed by atoms with Crippen LogP contribution < -0.4 is 10.3 Å². The summed E-state index contributed by atoms with van der Waals surface area (Å²) >= 11 is 1.15. The van der Waals surface area contributed by atoms with E-state index in [-0.39, 0.29) is 17.9 Å². The smallest absolute Gasteiger partial charge is 0.316 e. The largest absolute Gasteiger partial charge is 0.497 e. The Kier molecular flexibility index (Phi) is 6.67. The number of ether oxygens (including phenoxy) is 3. The minimum absolute atomic E-state index is 0.0324. The van der Waals surface area contributed by atoms with E-state index in [1.807, 2.05) is 6.07 Å². The molecule has 0 spiro atoms. The van der Waals surface area contributed by atoms with E-state index in [4.69, 9.17) is 14.2 Å². The monoisotopic (exact) mass is 400 g/mol. The van der Waals surface area contributed by atoms with Gasteiger partial charge < -0.3 is 14.2 Å². The van der Waals surface area contributed by atoms with Gasteiger partial charge in [-0.15, -0.1) is 0 Å². The molecule has 0 saturated carbocycles. The van der Waals surface area contributed by atoms with Crippen LogP contribution in [0.4, 0.5) is 0 Å². The number of nitrogens with zero attached hydrogens (tertiary/aromatic N) is 2. The molecule has 0 aliphatic carbocycles. The fourth-order valence-corrected chi connectivity index (χ4v) is 3.38. The van der Waals surface area contributed by atoms with Gasteiger partial charge in [0, 0.05) is 7.11 Å². The van der Waals surface area contributed by atoms with E-state index >= 15 is 0 Å².